The van der Waals surface area contributed by atoms with E-state index in [0.717, 1.165) is 12.1 Å². The summed E-state index contributed by atoms with van der Waals surface area (Å²) in [6, 6.07) is 9.96. The molecule has 0 saturated heterocycles. The van der Waals surface area contributed by atoms with Gasteiger partial charge >= 0.3 is 6.18 Å². The van der Waals surface area contributed by atoms with Gasteiger partial charge < -0.3 is 14.4 Å². The number of alkyl halides is 3. The van der Waals surface area contributed by atoms with Crippen LogP contribution in [-0.4, -0.2) is 32.1 Å². The smallest absolute Gasteiger partial charge is 0.416 e. The van der Waals surface area contributed by atoms with Gasteiger partial charge in [0.1, 0.15) is 11.5 Å². The third-order valence-corrected chi connectivity index (χ3v) is 3.96. The van der Waals surface area contributed by atoms with Gasteiger partial charge in [-0.25, -0.2) is 0 Å². The molecule has 2 aromatic rings. The van der Waals surface area contributed by atoms with Gasteiger partial charge in [-0.05, 0) is 23.8 Å². The lowest BCUT2D eigenvalue weighted by atomic mass is 10.1. The van der Waals surface area contributed by atoms with Crippen LogP contribution in [0.5, 0.6) is 11.5 Å². The topological polar surface area (TPSA) is 38.8 Å². The normalized spacial score (nSPS) is 11.2. The fourth-order valence-corrected chi connectivity index (χ4v) is 2.46. The molecule has 0 aliphatic carbocycles. The standard InChI is InChI=1S/C19H20F3NO3/c1-23(12-13-4-7-15(8-5-13)19(20,21)22)18(24)10-14-6-9-16(25-2)11-17(14)26-3/h4-9,11H,10,12H2,1-3H3. The van der Waals surface area contributed by atoms with Crippen LogP contribution in [0.2, 0.25) is 0 Å². The van der Waals surface area contributed by atoms with Crippen LogP contribution in [-0.2, 0) is 23.9 Å². The zero-order chi connectivity index (χ0) is 19.3. The number of hydrogen-bond donors (Lipinski definition) is 0. The number of likely N-dealkylation sites (N-methyl/N-ethyl adjacent to an activating group) is 1. The molecule has 0 heterocycles. The first-order valence-electron chi connectivity index (χ1n) is 7.85. The Balaban J connectivity index is 2.04. The number of methoxy groups -OCH3 is 2. The van der Waals surface area contributed by atoms with E-state index in [1.54, 1.807) is 25.2 Å². The molecule has 4 nitrogen and oxygen atoms in total. The van der Waals surface area contributed by atoms with Gasteiger partial charge in [0.2, 0.25) is 5.91 Å². The molecule has 26 heavy (non-hydrogen) atoms. The van der Waals surface area contributed by atoms with Gasteiger partial charge in [-0.15, -0.1) is 0 Å². The van der Waals surface area contributed by atoms with Crippen molar-refractivity contribution >= 4 is 5.91 Å². The third-order valence-electron chi connectivity index (χ3n) is 3.96. The summed E-state index contributed by atoms with van der Waals surface area (Å²) in [5.74, 6) is 0.991. The monoisotopic (exact) mass is 367 g/mol. The van der Waals surface area contributed by atoms with E-state index < -0.39 is 11.7 Å². The molecule has 0 aromatic heterocycles. The maximum atomic E-state index is 12.6. The van der Waals surface area contributed by atoms with E-state index in [1.807, 2.05) is 0 Å². The highest BCUT2D eigenvalue weighted by molar-refractivity contribution is 5.79. The second-order valence-electron chi connectivity index (χ2n) is 5.80. The molecule has 0 bridgehead atoms. The number of carbonyl (C=O) groups is 1. The van der Waals surface area contributed by atoms with Gasteiger partial charge in [-0.3, -0.25) is 4.79 Å². The molecule has 0 atom stereocenters. The van der Waals surface area contributed by atoms with Crippen LogP contribution in [0.15, 0.2) is 42.5 Å². The van der Waals surface area contributed by atoms with Gasteiger partial charge in [0.05, 0.1) is 26.2 Å². The van der Waals surface area contributed by atoms with Crippen LogP contribution >= 0.6 is 0 Å². The molecular formula is C19H20F3NO3. The van der Waals surface area contributed by atoms with Crippen molar-refractivity contribution in [1.82, 2.24) is 4.90 Å². The Bertz CT molecular complexity index is 758. The minimum atomic E-state index is -4.37. The molecule has 2 aromatic carbocycles. The van der Waals surface area contributed by atoms with Crippen LogP contribution in [0.1, 0.15) is 16.7 Å². The summed E-state index contributed by atoms with van der Waals surface area (Å²) in [5.41, 5.74) is 0.617. The Morgan fingerprint density at radius 3 is 2.23 bits per heavy atom. The molecule has 0 aliphatic rings. The molecule has 140 valence electrons. The Labute approximate surface area is 150 Å². The fraction of sp³-hybridized carbons (Fsp3) is 0.316. The minimum Gasteiger partial charge on any atom is -0.497 e. The Morgan fingerprint density at radius 2 is 1.69 bits per heavy atom. The number of nitrogens with zero attached hydrogens (tertiary/aromatic N) is 1. The quantitative estimate of drug-likeness (QED) is 0.777. The van der Waals surface area contributed by atoms with E-state index in [0.29, 0.717) is 22.6 Å². The van der Waals surface area contributed by atoms with Gasteiger partial charge in [-0.1, -0.05) is 18.2 Å². The van der Waals surface area contributed by atoms with Crippen LogP contribution in [0.4, 0.5) is 13.2 Å². The van der Waals surface area contributed by atoms with Crippen molar-refractivity contribution in [2.24, 2.45) is 0 Å². The van der Waals surface area contributed by atoms with Crippen LogP contribution in [0, 0.1) is 0 Å². The van der Waals surface area contributed by atoms with E-state index in [9.17, 15) is 18.0 Å². The number of amides is 1. The molecule has 0 unspecified atom stereocenters. The highest BCUT2D eigenvalue weighted by atomic mass is 19.4. The molecular weight excluding hydrogens is 347 g/mol. The summed E-state index contributed by atoms with van der Waals surface area (Å²) in [6.45, 7) is 0.218. The molecule has 2 rings (SSSR count). The second kappa shape index (κ2) is 8.12. The maximum absolute atomic E-state index is 12.6. The Hall–Kier alpha value is -2.70. The summed E-state index contributed by atoms with van der Waals surface area (Å²) >= 11 is 0. The Morgan fingerprint density at radius 1 is 1.04 bits per heavy atom. The van der Waals surface area contributed by atoms with Crippen molar-refractivity contribution in [3.05, 3.63) is 59.2 Å². The summed E-state index contributed by atoms with van der Waals surface area (Å²) in [5, 5.41) is 0. The van der Waals surface area contributed by atoms with Crippen molar-refractivity contribution in [3.8, 4) is 11.5 Å². The highest BCUT2D eigenvalue weighted by Gasteiger charge is 2.30. The predicted molar refractivity (Wildman–Crippen MR) is 91.2 cm³/mol. The molecule has 0 spiro atoms. The third kappa shape index (κ3) is 4.91. The maximum Gasteiger partial charge on any atom is 0.416 e. The van der Waals surface area contributed by atoms with E-state index >= 15 is 0 Å². The predicted octanol–water partition coefficient (Wildman–Crippen LogP) is 3.92. The van der Waals surface area contributed by atoms with E-state index in [1.165, 1.54) is 31.3 Å². The minimum absolute atomic E-state index is 0.115. The van der Waals surface area contributed by atoms with Crippen molar-refractivity contribution in [2.75, 3.05) is 21.3 Å². The zero-order valence-electron chi connectivity index (χ0n) is 14.8. The SMILES string of the molecule is COc1ccc(CC(=O)N(C)Cc2ccc(C(F)(F)F)cc2)c(OC)c1. The number of benzene rings is 2. The molecule has 1 amide bonds. The zero-order valence-corrected chi connectivity index (χ0v) is 14.8. The van der Waals surface area contributed by atoms with E-state index in [-0.39, 0.29) is 18.9 Å². The first-order valence-corrected chi connectivity index (χ1v) is 7.85. The first-order chi connectivity index (χ1) is 12.2. The summed E-state index contributed by atoms with van der Waals surface area (Å²) in [7, 11) is 4.65. The van der Waals surface area contributed by atoms with Gasteiger partial charge in [-0.2, -0.15) is 13.2 Å². The van der Waals surface area contributed by atoms with Crippen molar-refractivity contribution in [2.45, 2.75) is 19.1 Å². The molecule has 0 saturated carbocycles. The molecule has 7 heteroatoms. The van der Waals surface area contributed by atoms with Crippen LogP contribution in [0.25, 0.3) is 0 Å². The average molecular weight is 367 g/mol. The summed E-state index contributed by atoms with van der Waals surface area (Å²) in [4.78, 5) is 13.9. The number of rotatable bonds is 6. The van der Waals surface area contributed by atoms with Gasteiger partial charge in [0.25, 0.3) is 0 Å². The lowest BCUT2D eigenvalue weighted by Gasteiger charge is -2.19. The number of ether oxygens (including phenoxy) is 2. The highest BCUT2D eigenvalue weighted by Crippen LogP contribution is 2.29. The Kier molecular flexibility index (Phi) is 6.13. The second-order valence-corrected chi connectivity index (χ2v) is 5.80. The van der Waals surface area contributed by atoms with Crippen molar-refractivity contribution < 1.29 is 27.4 Å². The molecule has 0 N–H and O–H groups in total. The van der Waals surface area contributed by atoms with Gasteiger partial charge in [0.15, 0.2) is 0 Å². The largest absolute Gasteiger partial charge is 0.497 e. The number of hydrogen-bond acceptors (Lipinski definition) is 3. The van der Waals surface area contributed by atoms with E-state index in [4.69, 9.17) is 9.47 Å². The van der Waals surface area contributed by atoms with Crippen molar-refractivity contribution in [3.63, 3.8) is 0 Å². The first kappa shape index (κ1) is 19.6. The average Bonchev–Trinajstić information content (AvgIpc) is 2.61. The van der Waals surface area contributed by atoms with Crippen LogP contribution < -0.4 is 9.47 Å². The lowest BCUT2D eigenvalue weighted by Crippen LogP contribution is -2.27. The summed E-state index contributed by atoms with van der Waals surface area (Å²) in [6.07, 6.45) is -4.25. The molecule has 0 aliphatic heterocycles. The van der Waals surface area contributed by atoms with Crippen molar-refractivity contribution in [1.29, 1.82) is 0 Å². The summed E-state index contributed by atoms with van der Waals surface area (Å²) < 4.78 is 48.2. The van der Waals surface area contributed by atoms with Gasteiger partial charge in [0, 0.05) is 25.2 Å². The lowest BCUT2D eigenvalue weighted by molar-refractivity contribution is -0.137. The fourth-order valence-electron chi connectivity index (χ4n) is 2.46. The van der Waals surface area contributed by atoms with Crippen LogP contribution in [0.3, 0.4) is 0 Å². The number of carbonyl (C=O) groups excluding carboxylic acids is 1. The molecule has 0 fully saturated rings. The number of halogens is 3. The van der Waals surface area contributed by atoms with E-state index in [2.05, 4.69) is 0 Å². The molecule has 0 radical (unpaired) electrons.